The molecule has 0 aliphatic carbocycles. The minimum absolute atomic E-state index is 0.465. The van der Waals surface area contributed by atoms with E-state index < -0.39 is 0 Å². The first-order chi connectivity index (χ1) is 9.85. The van der Waals surface area contributed by atoms with Crippen LogP contribution in [0.4, 0.5) is 0 Å². The van der Waals surface area contributed by atoms with Crippen molar-refractivity contribution in [1.82, 2.24) is 15.0 Å². The first-order valence-corrected chi connectivity index (χ1v) is 8.08. The second-order valence-electron chi connectivity index (χ2n) is 4.89. The number of rotatable bonds is 8. The third-order valence-corrected chi connectivity index (χ3v) is 4.22. The Balaban J connectivity index is 1.98. The molecule has 0 unspecified atom stereocenters. The number of unbranched alkanes of at least 4 members (excludes halogenated alkanes) is 4. The molecule has 20 heavy (non-hydrogen) atoms. The highest BCUT2D eigenvalue weighted by Gasteiger charge is 2.13. The van der Waals surface area contributed by atoms with Crippen molar-refractivity contribution < 1.29 is 0 Å². The third kappa shape index (κ3) is 3.91. The molecule has 2 aromatic heterocycles. The molecule has 2 aromatic rings. The molecule has 2 heterocycles. The molecule has 0 atom stereocenters. The zero-order valence-corrected chi connectivity index (χ0v) is 12.7. The van der Waals surface area contributed by atoms with E-state index in [2.05, 4.69) is 34.8 Å². The van der Waals surface area contributed by atoms with E-state index in [-0.39, 0.29) is 0 Å². The number of hydrogen-bond acceptors (Lipinski definition) is 4. The monoisotopic (exact) mass is 288 g/mol. The Morgan fingerprint density at radius 2 is 2.15 bits per heavy atom. The summed E-state index contributed by atoms with van der Waals surface area (Å²) >= 11 is 1.71. The predicted octanol–water partition coefficient (Wildman–Crippen LogP) is 3.77. The van der Waals surface area contributed by atoms with E-state index in [1.807, 2.05) is 10.7 Å². The van der Waals surface area contributed by atoms with Gasteiger partial charge in [0.25, 0.3) is 0 Å². The van der Waals surface area contributed by atoms with Gasteiger partial charge in [-0.1, -0.05) is 43.9 Å². The van der Waals surface area contributed by atoms with Gasteiger partial charge in [-0.25, -0.2) is 4.68 Å². The first kappa shape index (κ1) is 14.7. The van der Waals surface area contributed by atoms with Crippen molar-refractivity contribution in [3.05, 3.63) is 33.8 Å². The fourth-order valence-corrected chi connectivity index (χ4v) is 2.93. The summed E-state index contributed by atoms with van der Waals surface area (Å²) in [5, 5.41) is 19.3. The fourth-order valence-electron chi connectivity index (χ4n) is 2.22. The molecule has 0 bridgehead atoms. The largest absolute Gasteiger partial charge is 0.248 e. The average molecular weight is 288 g/mol. The number of nitrogens with zero attached hydrogens (tertiary/aromatic N) is 4. The SMILES string of the molecule is CCCCCCCn1nnc(C#N)c1Cc1cccs1. The second-order valence-corrected chi connectivity index (χ2v) is 5.92. The zero-order chi connectivity index (χ0) is 14.2. The summed E-state index contributed by atoms with van der Waals surface area (Å²) < 4.78 is 1.91. The molecule has 2 rings (SSSR count). The standard InChI is InChI=1S/C15H20N4S/c1-2-3-4-5-6-9-19-15(14(12-16)17-18-19)11-13-8-7-10-20-13/h7-8,10H,2-6,9,11H2,1H3. The molecule has 0 fully saturated rings. The van der Waals surface area contributed by atoms with E-state index in [1.165, 1.54) is 30.6 Å². The van der Waals surface area contributed by atoms with Crippen LogP contribution in [0.3, 0.4) is 0 Å². The Kier molecular flexibility index (Phi) is 5.75. The van der Waals surface area contributed by atoms with E-state index in [0.29, 0.717) is 5.69 Å². The normalized spacial score (nSPS) is 10.6. The molecule has 0 aromatic carbocycles. The number of thiophene rings is 1. The smallest absolute Gasteiger partial charge is 0.186 e. The van der Waals surface area contributed by atoms with Gasteiger partial charge in [-0.15, -0.1) is 16.4 Å². The molecule has 0 saturated carbocycles. The lowest BCUT2D eigenvalue weighted by Gasteiger charge is -2.05. The van der Waals surface area contributed by atoms with Gasteiger partial charge >= 0.3 is 0 Å². The Bertz CT molecular complexity index is 551. The summed E-state index contributed by atoms with van der Waals surface area (Å²) in [6.45, 7) is 3.08. The van der Waals surface area contributed by atoms with Gasteiger partial charge in [0, 0.05) is 17.8 Å². The lowest BCUT2D eigenvalue weighted by molar-refractivity contribution is 0.510. The number of aromatic nitrogens is 3. The summed E-state index contributed by atoms with van der Waals surface area (Å²) in [4.78, 5) is 1.25. The summed E-state index contributed by atoms with van der Waals surface area (Å²) in [5.41, 5.74) is 1.41. The van der Waals surface area contributed by atoms with Gasteiger partial charge in [0.2, 0.25) is 0 Å². The molecule has 0 aliphatic heterocycles. The highest BCUT2D eigenvalue weighted by atomic mass is 32.1. The van der Waals surface area contributed by atoms with Crippen molar-refractivity contribution >= 4 is 11.3 Å². The van der Waals surface area contributed by atoms with Crippen LogP contribution in [0.25, 0.3) is 0 Å². The van der Waals surface area contributed by atoms with Crippen molar-refractivity contribution in [3.63, 3.8) is 0 Å². The summed E-state index contributed by atoms with van der Waals surface area (Å²) in [5.74, 6) is 0. The fraction of sp³-hybridized carbons (Fsp3) is 0.533. The summed E-state index contributed by atoms with van der Waals surface area (Å²) in [7, 11) is 0. The average Bonchev–Trinajstić information content (AvgIpc) is 3.09. The summed E-state index contributed by atoms with van der Waals surface area (Å²) in [6.07, 6.45) is 6.90. The molecular formula is C15H20N4S. The quantitative estimate of drug-likeness (QED) is 0.695. The molecule has 0 saturated heterocycles. The summed E-state index contributed by atoms with van der Waals surface area (Å²) in [6, 6.07) is 6.27. The molecule has 0 spiro atoms. The molecule has 5 heteroatoms. The maximum Gasteiger partial charge on any atom is 0.186 e. The lowest BCUT2D eigenvalue weighted by atomic mass is 10.1. The van der Waals surface area contributed by atoms with E-state index in [9.17, 15) is 0 Å². The van der Waals surface area contributed by atoms with Gasteiger partial charge in [0.05, 0.1) is 5.69 Å². The van der Waals surface area contributed by atoms with E-state index >= 15 is 0 Å². The van der Waals surface area contributed by atoms with Gasteiger partial charge in [-0.2, -0.15) is 5.26 Å². The topological polar surface area (TPSA) is 54.5 Å². The Morgan fingerprint density at radius 3 is 2.85 bits per heavy atom. The van der Waals surface area contributed by atoms with Crippen LogP contribution in [-0.4, -0.2) is 15.0 Å². The minimum Gasteiger partial charge on any atom is -0.248 e. The number of aryl methyl sites for hydroxylation is 1. The van der Waals surface area contributed by atoms with Gasteiger partial charge in [0.1, 0.15) is 6.07 Å². The third-order valence-electron chi connectivity index (χ3n) is 3.34. The zero-order valence-electron chi connectivity index (χ0n) is 11.9. The van der Waals surface area contributed by atoms with Crippen LogP contribution in [0.1, 0.15) is 55.3 Å². The van der Waals surface area contributed by atoms with Crippen LogP contribution < -0.4 is 0 Å². The van der Waals surface area contributed by atoms with Crippen LogP contribution in [0.5, 0.6) is 0 Å². The van der Waals surface area contributed by atoms with Crippen LogP contribution >= 0.6 is 11.3 Å². The van der Waals surface area contributed by atoms with Crippen molar-refractivity contribution in [1.29, 1.82) is 5.26 Å². The highest BCUT2D eigenvalue weighted by molar-refractivity contribution is 7.09. The molecule has 106 valence electrons. The molecule has 0 radical (unpaired) electrons. The van der Waals surface area contributed by atoms with E-state index in [0.717, 1.165) is 25.1 Å². The highest BCUT2D eigenvalue weighted by Crippen LogP contribution is 2.17. The maximum absolute atomic E-state index is 9.14. The van der Waals surface area contributed by atoms with Crippen molar-refractivity contribution in [2.75, 3.05) is 0 Å². The Morgan fingerprint density at radius 1 is 1.30 bits per heavy atom. The molecule has 0 N–H and O–H groups in total. The van der Waals surface area contributed by atoms with E-state index in [4.69, 9.17) is 5.26 Å². The Hall–Kier alpha value is -1.67. The number of hydrogen-bond donors (Lipinski definition) is 0. The lowest BCUT2D eigenvalue weighted by Crippen LogP contribution is -2.06. The molecule has 0 aliphatic rings. The van der Waals surface area contributed by atoms with Crippen molar-refractivity contribution in [2.24, 2.45) is 0 Å². The van der Waals surface area contributed by atoms with Crippen molar-refractivity contribution in [2.45, 2.75) is 52.0 Å². The van der Waals surface area contributed by atoms with Gasteiger partial charge < -0.3 is 0 Å². The van der Waals surface area contributed by atoms with Crippen LogP contribution in [0.2, 0.25) is 0 Å². The first-order valence-electron chi connectivity index (χ1n) is 7.20. The van der Waals surface area contributed by atoms with Gasteiger partial charge in [-0.3, -0.25) is 0 Å². The molecule has 4 nitrogen and oxygen atoms in total. The maximum atomic E-state index is 9.14. The van der Waals surface area contributed by atoms with Crippen LogP contribution in [0.15, 0.2) is 17.5 Å². The Labute approximate surface area is 124 Å². The number of nitriles is 1. The van der Waals surface area contributed by atoms with Crippen LogP contribution in [-0.2, 0) is 13.0 Å². The van der Waals surface area contributed by atoms with Crippen molar-refractivity contribution in [3.8, 4) is 6.07 Å². The van der Waals surface area contributed by atoms with Crippen LogP contribution in [0, 0.1) is 11.3 Å². The minimum atomic E-state index is 0.465. The molecular weight excluding hydrogens is 268 g/mol. The predicted molar refractivity (Wildman–Crippen MR) is 80.6 cm³/mol. The van der Waals surface area contributed by atoms with E-state index in [1.54, 1.807) is 11.3 Å². The van der Waals surface area contributed by atoms with Gasteiger partial charge in [0.15, 0.2) is 5.69 Å². The second kappa shape index (κ2) is 7.81. The molecule has 0 amide bonds. The van der Waals surface area contributed by atoms with Gasteiger partial charge in [-0.05, 0) is 17.9 Å².